The first-order valence-electron chi connectivity index (χ1n) is 6.98. The van der Waals surface area contributed by atoms with Crippen LogP contribution in [0.1, 0.15) is 27.2 Å². The van der Waals surface area contributed by atoms with Crippen molar-refractivity contribution >= 4 is 28.9 Å². The lowest BCUT2D eigenvalue weighted by molar-refractivity contribution is 0.0528. The highest BCUT2D eigenvalue weighted by atomic mass is 32.2. The van der Waals surface area contributed by atoms with Crippen LogP contribution in [0.15, 0.2) is 29.4 Å². The van der Waals surface area contributed by atoms with Gasteiger partial charge in [-0.3, -0.25) is 0 Å². The first-order chi connectivity index (χ1) is 9.94. The van der Waals surface area contributed by atoms with Crippen molar-refractivity contribution in [3.63, 3.8) is 0 Å². The molecule has 1 amide bonds. The van der Waals surface area contributed by atoms with Crippen molar-refractivity contribution in [1.82, 2.24) is 15.3 Å². The van der Waals surface area contributed by atoms with E-state index < -0.39 is 5.60 Å². The third-order valence-corrected chi connectivity index (χ3v) is 3.56. The number of nitrogens with one attached hydrogen (secondary N) is 2. The molecule has 0 unspecified atom stereocenters. The lowest BCUT2D eigenvalue weighted by atomic mass is 10.2. The molecule has 0 aliphatic rings. The number of amides is 1. The molecule has 0 saturated carbocycles. The standard InChI is InChI=1S/C15H21N3O2S/c1-15(2,3)20-14(19)16-9-6-10-21-13-17-11-7-4-5-8-12(11)18-13/h4-5,7-8H,6,9-10H2,1-3H3,(H,16,19)(H,17,18). The Morgan fingerprint density at radius 1 is 1.38 bits per heavy atom. The summed E-state index contributed by atoms with van der Waals surface area (Å²) in [6.45, 7) is 6.15. The number of ether oxygens (including phenoxy) is 1. The maximum absolute atomic E-state index is 11.5. The molecule has 1 aromatic carbocycles. The molecule has 2 N–H and O–H groups in total. The van der Waals surface area contributed by atoms with Crippen LogP contribution in [0.5, 0.6) is 0 Å². The number of alkyl carbamates (subject to hydrolysis) is 1. The van der Waals surface area contributed by atoms with Gasteiger partial charge in [0.05, 0.1) is 11.0 Å². The van der Waals surface area contributed by atoms with Crippen LogP contribution < -0.4 is 5.32 Å². The van der Waals surface area contributed by atoms with Crippen LogP contribution in [-0.4, -0.2) is 34.0 Å². The summed E-state index contributed by atoms with van der Waals surface area (Å²) in [7, 11) is 0. The predicted octanol–water partition coefficient (Wildman–Crippen LogP) is 3.57. The van der Waals surface area contributed by atoms with E-state index in [9.17, 15) is 4.79 Å². The SMILES string of the molecule is CC(C)(C)OC(=O)NCCCSc1nc2ccccc2[nH]1. The maximum atomic E-state index is 11.5. The van der Waals surface area contributed by atoms with Crippen LogP contribution >= 0.6 is 11.8 Å². The molecule has 2 aromatic rings. The zero-order valence-electron chi connectivity index (χ0n) is 12.6. The van der Waals surface area contributed by atoms with Crippen molar-refractivity contribution in [2.75, 3.05) is 12.3 Å². The van der Waals surface area contributed by atoms with Crippen LogP contribution in [-0.2, 0) is 4.74 Å². The molecule has 0 aliphatic heterocycles. The monoisotopic (exact) mass is 307 g/mol. The van der Waals surface area contributed by atoms with Gasteiger partial charge in [-0.25, -0.2) is 9.78 Å². The van der Waals surface area contributed by atoms with Gasteiger partial charge in [0.2, 0.25) is 0 Å². The number of benzene rings is 1. The molecule has 0 radical (unpaired) electrons. The number of carbonyl (C=O) groups excluding carboxylic acids is 1. The fraction of sp³-hybridized carbons (Fsp3) is 0.467. The summed E-state index contributed by atoms with van der Waals surface area (Å²) in [6.07, 6.45) is 0.497. The maximum Gasteiger partial charge on any atom is 0.407 e. The number of fused-ring (bicyclic) bond motifs is 1. The highest BCUT2D eigenvalue weighted by molar-refractivity contribution is 7.99. The second-order valence-corrected chi connectivity index (χ2v) is 6.77. The molecule has 21 heavy (non-hydrogen) atoms. The van der Waals surface area contributed by atoms with E-state index in [-0.39, 0.29) is 6.09 Å². The minimum absolute atomic E-state index is 0.365. The predicted molar refractivity (Wildman–Crippen MR) is 85.7 cm³/mol. The Bertz CT molecular complexity index is 571. The van der Waals surface area contributed by atoms with Gasteiger partial charge in [-0.1, -0.05) is 23.9 Å². The van der Waals surface area contributed by atoms with Crippen LogP contribution in [0.3, 0.4) is 0 Å². The normalized spacial score (nSPS) is 11.6. The van der Waals surface area contributed by atoms with Gasteiger partial charge in [-0.15, -0.1) is 0 Å². The molecule has 0 bridgehead atoms. The fourth-order valence-corrected chi connectivity index (χ4v) is 2.57. The zero-order valence-corrected chi connectivity index (χ0v) is 13.4. The molecule has 0 aliphatic carbocycles. The number of rotatable bonds is 5. The van der Waals surface area contributed by atoms with Gasteiger partial charge < -0.3 is 15.0 Å². The largest absolute Gasteiger partial charge is 0.444 e. The Morgan fingerprint density at radius 2 is 2.14 bits per heavy atom. The van der Waals surface area contributed by atoms with Gasteiger partial charge >= 0.3 is 6.09 Å². The number of hydrogen-bond acceptors (Lipinski definition) is 4. The zero-order chi connectivity index (χ0) is 15.3. The third-order valence-electron chi connectivity index (χ3n) is 2.60. The summed E-state index contributed by atoms with van der Waals surface area (Å²) in [5.74, 6) is 0.885. The molecular weight excluding hydrogens is 286 g/mol. The molecule has 114 valence electrons. The van der Waals surface area contributed by atoms with Crippen LogP contribution in [0.25, 0.3) is 11.0 Å². The molecule has 6 heteroatoms. The first kappa shape index (κ1) is 15.7. The van der Waals surface area contributed by atoms with Gasteiger partial charge in [-0.05, 0) is 39.3 Å². The van der Waals surface area contributed by atoms with E-state index in [1.807, 2.05) is 45.0 Å². The Balaban J connectivity index is 1.67. The number of thioether (sulfide) groups is 1. The smallest absolute Gasteiger partial charge is 0.407 e. The molecule has 0 saturated heterocycles. The number of aromatic amines is 1. The van der Waals surface area contributed by atoms with Crippen molar-refractivity contribution in [3.05, 3.63) is 24.3 Å². The van der Waals surface area contributed by atoms with Gasteiger partial charge in [0.1, 0.15) is 5.60 Å². The average Bonchev–Trinajstić information content (AvgIpc) is 2.78. The molecule has 1 heterocycles. The molecule has 1 aromatic heterocycles. The quantitative estimate of drug-likeness (QED) is 0.654. The topological polar surface area (TPSA) is 67.0 Å². The van der Waals surface area contributed by atoms with Crippen molar-refractivity contribution in [2.24, 2.45) is 0 Å². The van der Waals surface area contributed by atoms with E-state index >= 15 is 0 Å². The Morgan fingerprint density at radius 3 is 2.86 bits per heavy atom. The fourth-order valence-electron chi connectivity index (χ4n) is 1.74. The summed E-state index contributed by atoms with van der Waals surface area (Å²) < 4.78 is 5.17. The average molecular weight is 307 g/mol. The van der Waals surface area contributed by atoms with Gasteiger partial charge in [-0.2, -0.15) is 0 Å². The first-order valence-corrected chi connectivity index (χ1v) is 7.97. The number of nitrogens with zero attached hydrogens (tertiary/aromatic N) is 1. The number of hydrogen-bond donors (Lipinski definition) is 2. The van der Waals surface area contributed by atoms with Crippen LogP contribution in [0, 0.1) is 0 Å². The van der Waals surface area contributed by atoms with Gasteiger partial charge in [0.25, 0.3) is 0 Å². The van der Waals surface area contributed by atoms with E-state index in [1.165, 1.54) is 0 Å². The number of aromatic nitrogens is 2. The lowest BCUT2D eigenvalue weighted by Gasteiger charge is -2.19. The number of carbonyl (C=O) groups is 1. The van der Waals surface area contributed by atoms with Crippen LogP contribution in [0.4, 0.5) is 4.79 Å². The summed E-state index contributed by atoms with van der Waals surface area (Å²) in [4.78, 5) is 19.2. The summed E-state index contributed by atoms with van der Waals surface area (Å²) in [5, 5.41) is 3.66. The van der Waals surface area contributed by atoms with E-state index in [4.69, 9.17) is 4.74 Å². The second kappa shape index (κ2) is 6.85. The van der Waals surface area contributed by atoms with Crippen molar-refractivity contribution in [3.8, 4) is 0 Å². The van der Waals surface area contributed by atoms with E-state index in [0.717, 1.165) is 28.4 Å². The molecule has 5 nitrogen and oxygen atoms in total. The Hall–Kier alpha value is -1.69. The van der Waals surface area contributed by atoms with E-state index in [0.29, 0.717) is 6.54 Å². The highest BCUT2D eigenvalue weighted by Gasteiger charge is 2.15. The third kappa shape index (κ3) is 5.30. The van der Waals surface area contributed by atoms with Gasteiger partial charge in [0.15, 0.2) is 5.16 Å². The summed E-state index contributed by atoms with van der Waals surface area (Å²) >= 11 is 1.65. The van der Waals surface area contributed by atoms with E-state index in [2.05, 4.69) is 15.3 Å². The highest BCUT2D eigenvalue weighted by Crippen LogP contribution is 2.19. The van der Waals surface area contributed by atoms with Crippen molar-refractivity contribution in [1.29, 1.82) is 0 Å². The van der Waals surface area contributed by atoms with E-state index in [1.54, 1.807) is 11.8 Å². The molecule has 0 fully saturated rings. The van der Waals surface area contributed by atoms with Gasteiger partial charge in [0, 0.05) is 12.3 Å². The number of imidazole rings is 1. The summed E-state index contributed by atoms with van der Waals surface area (Å²) in [6, 6.07) is 7.96. The second-order valence-electron chi connectivity index (χ2n) is 5.69. The number of para-hydroxylation sites is 2. The number of H-pyrrole nitrogens is 1. The van der Waals surface area contributed by atoms with Crippen LogP contribution in [0.2, 0.25) is 0 Å². The minimum Gasteiger partial charge on any atom is -0.444 e. The Kier molecular flexibility index (Phi) is 5.12. The van der Waals surface area contributed by atoms with Crippen molar-refractivity contribution < 1.29 is 9.53 Å². The minimum atomic E-state index is -0.451. The molecule has 0 atom stereocenters. The lowest BCUT2D eigenvalue weighted by Crippen LogP contribution is -2.33. The Labute approximate surface area is 128 Å². The van der Waals surface area contributed by atoms with Crippen molar-refractivity contribution in [2.45, 2.75) is 37.9 Å². The molecular formula is C15H21N3O2S. The molecule has 2 rings (SSSR count). The summed E-state index contributed by atoms with van der Waals surface area (Å²) in [5.41, 5.74) is 1.58. The molecule has 0 spiro atoms.